The van der Waals surface area contributed by atoms with Crippen molar-refractivity contribution in [3.05, 3.63) is 35.1 Å². The van der Waals surface area contributed by atoms with Gasteiger partial charge in [0.1, 0.15) is 5.82 Å². The molecule has 1 atom stereocenters. The van der Waals surface area contributed by atoms with Crippen LogP contribution in [-0.2, 0) is 0 Å². The van der Waals surface area contributed by atoms with E-state index in [9.17, 15) is 4.39 Å². The molecule has 0 bridgehead atoms. The van der Waals surface area contributed by atoms with Crippen molar-refractivity contribution in [1.29, 1.82) is 0 Å². The van der Waals surface area contributed by atoms with Crippen LogP contribution in [0, 0.1) is 11.7 Å². The van der Waals surface area contributed by atoms with Crippen molar-refractivity contribution in [3.63, 3.8) is 0 Å². The van der Waals surface area contributed by atoms with Crippen molar-refractivity contribution < 1.29 is 4.39 Å². The molecular formula is C16H25F. The zero-order valence-corrected chi connectivity index (χ0v) is 11.8. The van der Waals surface area contributed by atoms with Crippen molar-refractivity contribution in [2.24, 2.45) is 5.92 Å². The molecule has 0 aliphatic heterocycles. The second-order valence-electron chi connectivity index (χ2n) is 5.84. The average Bonchev–Trinajstić information content (AvgIpc) is 2.24. The van der Waals surface area contributed by atoms with Gasteiger partial charge >= 0.3 is 0 Å². The molecule has 0 aliphatic rings. The quantitative estimate of drug-likeness (QED) is 0.634. The zero-order chi connectivity index (χ0) is 13.0. The predicted octanol–water partition coefficient (Wildman–Crippen LogP) is 5.49. The highest BCUT2D eigenvalue weighted by Crippen LogP contribution is 2.27. The fourth-order valence-corrected chi connectivity index (χ4v) is 2.00. The molecule has 1 rings (SSSR count). The number of hydrogen-bond acceptors (Lipinski definition) is 0. The number of hydrogen-bond donors (Lipinski definition) is 0. The molecule has 0 heterocycles. The highest BCUT2D eigenvalue weighted by Gasteiger charge is 2.10. The van der Waals surface area contributed by atoms with Crippen LogP contribution < -0.4 is 0 Å². The van der Waals surface area contributed by atoms with Gasteiger partial charge in [0.05, 0.1) is 0 Å². The largest absolute Gasteiger partial charge is 0.207 e. The van der Waals surface area contributed by atoms with Crippen molar-refractivity contribution in [2.75, 3.05) is 0 Å². The Morgan fingerprint density at radius 1 is 0.882 bits per heavy atom. The van der Waals surface area contributed by atoms with Crippen molar-refractivity contribution in [1.82, 2.24) is 0 Å². The summed E-state index contributed by atoms with van der Waals surface area (Å²) in [7, 11) is 0. The molecule has 1 heteroatoms. The lowest BCUT2D eigenvalue weighted by molar-refractivity contribution is 0.514. The maximum atomic E-state index is 13.5. The topological polar surface area (TPSA) is 0 Å². The first kappa shape index (κ1) is 14.2. The van der Waals surface area contributed by atoms with E-state index in [1.807, 2.05) is 0 Å². The van der Waals surface area contributed by atoms with Gasteiger partial charge in [-0.25, -0.2) is 4.39 Å². The summed E-state index contributed by atoms with van der Waals surface area (Å²) in [6, 6.07) is 5.51. The molecule has 0 aromatic heterocycles. The van der Waals surface area contributed by atoms with Gasteiger partial charge < -0.3 is 0 Å². The molecule has 0 nitrogen and oxygen atoms in total. The van der Waals surface area contributed by atoms with Crippen LogP contribution in [0.5, 0.6) is 0 Å². The molecule has 0 amide bonds. The molecular weight excluding hydrogens is 211 g/mol. The van der Waals surface area contributed by atoms with Crippen LogP contribution in [0.2, 0.25) is 0 Å². The predicted molar refractivity (Wildman–Crippen MR) is 73.0 cm³/mol. The van der Waals surface area contributed by atoms with Crippen LogP contribution in [0.4, 0.5) is 4.39 Å². The summed E-state index contributed by atoms with van der Waals surface area (Å²) >= 11 is 0. The van der Waals surface area contributed by atoms with E-state index in [2.05, 4.69) is 40.7 Å². The number of rotatable bonds is 5. The highest BCUT2D eigenvalue weighted by atomic mass is 19.1. The minimum atomic E-state index is -0.0948. The van der Waals surface area contributed by atoms with E-state index in [0.717, 1.165) is 23.5 Å². The van der Waals surface area contributed by atoms with E-state index in [-0.39, 0.29) is 5.82 Å². The summed E-state index contributed by atoms with van der Waals surface area (Å²) in [5.41, 5.74) is 2.26. The van der Waals surface area contributed by atoms with Crippen LogP contribution in [0.15, 0.2) is 18.2 Å². The first-order chi connectivity index (χ1) is 7.90. The highest BCUT2D eigenvalue weighted by molar-refractivity contribution is 5.29. The summed E-state index contributed by atoms with van der Waals surface area (Å²) in [6.07, 6.45) is 2.34. The number of halogens is 1. The summed E-state index contributed by atoms with van der Waals surface area (Å²) < 4.78 is 13.5. The maximum Gasteiger partial charge on any atom is 0.123 e. The lowest BCUT2D eigenvalue weighted by Crippen LogP contribution is -2.00. The average molecular weight is 236 g/mol. The molecule has 96 valence electrons. The molecule has 0 aliphatic carbocycles. The molecule has 1 unspecified atom stereocenters. The van der Waals surface area contributed by atoms with Crippen molar-refractivity contribution in [3.8, 4) is 0 Å². The van der Waals surface area contributed by atoms with Crippen molar-refractivity contribution >= 4 is 0 Å². The van der Waals surface area contributed by atoms with Crippen molar-refractivity contribution in [2.45, 2.75) is 59.3 Å². The SMILES string of the molecule is CC(C)CCC(C)c1cc(F)cc(C(C)C)c1. The normalized spacial score (nSPS) is 13.4. The Morgan fingerprint density at radius 2 is 1.47 bits per heavy atom. The third-order valence-corrected chi connectivity index (χ3v) is 3.36. The smallest absolute Gasteiger partial charge is 0.123 e. The second-order valence-corrected chi connectivity index (χ2v) is 5.84. The van der Waals surface area contributed by atoms with E-state index in [4.69, 9.17) is 0 Å². The van der Waals surface area contributed by atoms with Gasteiger partial charge in [0, 0.05) is 0 Å². The molecule has 0 saturated carbocycles. The fraction of sp³-hybridized carbons (Fsp3) is 0.625. The standard InChI is InChI=1S/C16H25F/c1-11(2)6-7-13(5)15-8-14(12(3)4)9-16(17)10-15/h8-13H,6-7H2,1-5H3. The van der Waals surface area contributed by atoms with E-state index >= 15 is 0 Å². The summed E-state index contributed by atoms with van der Waals surface area (Å²) in [5, 5.41) is 0. The Labute approximate surface area is 105 Å². The summed E-state index contributed by atoms with van der Waals surface area (Å²) in [5.74, 6) is 1.46. The molecule has 1 aromatic carbocycles. The monoisotopic (exact) mass is 236 g/mol. The molecule has 0 saturated heterocycles. The maximum absolute atomic E-state index is 13.5. The first-order valence-electron chi connectivity index (χ1n) is 6.70. The Morgan fingerprint density at radius 3 is 2.00 bits per heavy atom. The van der Waals surface area contributed by atoms with Gasteiger partial charge in [0.25, 0.3) is 0 Å². The minimum Gasteiger partial charge on any atom is -0.207 e. The second kappa shape index (κ2) is 6.18. The molecule has 0 fully saturated rings. The van der Waals surface area contributed by atoms with Gasteiger partial charge in [-0.1, -0.05) is 47.1 Å². The molecule has 1 aromatic rings. The Bertz CT molecular complexity index is 353. The lowest BCUT2D eigenvalue weighted by atomic mass is 9.90. The van der Waals surface area contributed by atoms with Gasteiger partial charge in [-0.15, -0.1) is 0 Å². The molecule has 0 radical (unpaired) electrons. The van der Waals surface area contributed by atoms with E-state index < -0.39 is 0 Å². The molecule has 17 heavy (non-hydrogen) atoms. The number of benzene rings is 1. The van der Waals surface area contributed by atoms with Crippen LogP contribution in [0.3, 0.4) is 0 Å². The Hall–Kier alpha value is -0.850. The lowest BCUT2D eigenvalue weighted by Gasteiger charge is -2.16. The van der Waals surface area contributed by atoms with E-state index in [1.54, 1.807) is 12.1 Å². The molecule has 0 spiro atoms. The summed E-state index contributed by atoms with van der Waals surface area (Å²) in [6.45, 7) is 10.9. The Kier molecular flexibility index (Phi) is 5.17. The van der Waals surface area contributed by atoms with Gasteiger partial charge in [-0.2, -0.15) is 0 Å². The van der Waals surface area contributed by atoms with E-state index in [0.29, 0.717) is 11.8 Å². The van der Waals surface area contributed by atoms with Gasteiger partial charge in [0.15, 0.2) is 0 Å². The fourth-order valence-electron chi connectivity index (χ4n) is 2.00. The van der Waals surface area contributed by atoms with Gasteiger partial charge in [-0.3, -0.25) is 0 Å². The van der Waals surface area contributed by atoms with E-state index in [1.165, 1.54) is 6.42 Å². The van der Waals surface area contributed by atoms with Crippen LogP contribution in [0.1, 0.15) is 70.4 Å². The minimum absolute atomic E-state index is 0.0948. The zero-order valence-electron chi connectivity index (χ0n) is 11.8. The third-order valence-electron chi connectivity index (χ3n) is 3.36. The third kappa shape index (κ3) is 4.49. The molecule has 0 N–H and O–H groups in total. The Balaban J connectivity index is 2.82. The van der Waals surface area contributed by atoms with Gasteiger partial charge in [0.2, 0.25) is 0 Å². The van der Waals surface area contributed by atoms with Crippen LogP contribution in [0.25, 0.3) is 0 Å². The van der Waals surface area contributed by atoms with Crippen LogP contribution in [-0.4, -0.2) is 0 Å². The van der Waals surface area contributed by atoms with Crippen LogP contribution >= 0.6 is 0 Å². The summed E-state index contributed by atoms with van der Waals surface area (Å²) in [4.78, 5) is 0. The first-order valence-corrected chi connectivity index (χ1v) is 6.70. The van der Waals surface area contributed by atoms with Gasteiger partial charge in [-0.05, 0) is 47.4 Å².